The van der Waals surface area contributed by atoms with Crippen LogP contribution in [0.2, 0.25) is 0 Å². The molecule has 0 amide bonds. The van der Waals surface area contributed by atoms with Crippen molar-refractivity contribution in [3.05, 3.63) is 102 Å². The van der Waals surface area contributed by atoms with Gasteiger partial charge in [0.05, 0.1) is 11.4 Å². The Morgan fingerprint density at radius 3 is 2.52 bits per heavy atom. The van der Waals surface area contributed by atoms with Gasteiger partial charge in [0.1, 0.15) is 11.6 Å². The summed E-state index contributed by atoms with van der Waals surface area (Å²) in [5, 5.41) is 5.30. The van der Waals surface area contributed by atoms with Crippen molar-refractivity contribution in [2.75, 3.05) is 5.32 Å². The van der Waals surface area contributed by atoms with Gasteiger partial charge in [0.15, 0.2) is 0 Å². The second kappa shape index (κ2) is 8.74. The maximum Gasteiger partial charge on any atom is 0.135 e. The number of fused-ring (bicyclic) bond motifs is 1. The van der Waals surface area contributed by atoms with Gasteiger partial charge in [0.25, 0.3) is 0 Å². The van der Waals surface area contributed by atoms with Crippen LogP contribution in [-0.2, 0) is 6.54 Å². The third kappa shape index (κ3) is 4.41. The average molecular weight is 436 g/mol. The average Bonchev–Trinajstić information content (AvgIpc) is 2.82. The molecule has 0 atom stereocenters. The molecule has 1 N–H and O–H groups in total. The number of hydrogen-bond acceptors (Lipinski definition) is 5. The summed E-state index contributed by atoms with van der Waals surface area (Å²) in [5.74, 6) is 0.470. The Morgan fingerprint density at radius 1 is 0.818 bits per heavy atom. The highest BCUT2D eigenvalue weighted by atomic mass is 19.1. The van der Waals surface area contributed by atoms with Gasteiger partial charge >= 0.3 is 0 Å². The molecule has 162 valence electrons. The molecule has 0 saturated heterocycles. The van der Waals surface area contributed by atoms with E-state index in [1.807, 2.05) is 43.5 Å². The summed E-state index contributed by atoms with van der Waals surface area (Å²) in [7, 11) is 0. The first-order chi connectivity index (χ1) is 16.1. The summed E-state index contributed by atoms with van der Waals surface area (Å²) in [5.41, 5.74) is 6.63. The Balaban J connectivity index is 1.38. The van der Waals surface area contributed by atoms with E-state index < -0.39 is 0 Å². The molecular formula is C27H22FN5. The lowest BCUT2D eigenvalue weighted by Crippen LogP contribution is -2.04. The summed E-state index contributed by atoms with van der Waals surface area (Å²) in [6.45, 7) is 4.63. The fourth-order valence-electron chi connectivity index (χ4n) is 3.93. The Labute approximate surface area is 191 Å². The molecule has 4 heterocycles. The first-order valence-corrected chi connectivity index (χ1v) is 10.7. The zero-order valence-electron chi connectivity index (χ0n) is 18.4. The first-order valence-electron chi connectivity index (χ1n) is 10.7. The maximum absolute atomic E-state index is 13.6. The molecule has 0 radical (unpaired) electrons. The number of nitrogens with zero attached hydrogens (tertiary/aromatic N) is 4. The molecule has 0 spiro atoms. The van der Waals surface area contributed by atoms with E-state index in [9.17, 15) is 4.39 Å². The van der Waals surface area contributed by atoms with Crippen LogP contribution in [0.25, 0.3) is 33.3 Å². The van der Waals surface area contributed by atoms with Crippen LogP contribution in [-0.4, -0.2) is 19.9 Å². The molecule has 0 saturated carbocycles. The van der Waals surface area contributed by atoms with Crippen molar-refractivity contribution in [1.29, 1.82) is 0 Å². The van der Waals surface area contributed by atoms with E-state index in [1.54, 1.807) is 24.7 Å². The van der Waals surface area contributed by atoms with Crippen LogP contribution in [0.1, 0.15) is 16.8 Å². The van der Waals surface area contributed by atoms with Crippen LogP contribution >= 0.6 is 0 Å². The number of benzene rings is 1. The summed E-state index contributed by atoms with van der Waals surface area (Å²) >= 11 is 0. The van der Waals surface area contributed by atoms with Crippen molar-refractivity contribution >= 4 is 16.6 Å². The van der Waals surface area contributed by atoms with Gasteiger partial charge < -0.3 is 5.32 Å². The van der Waals surface area contributed by atoms with Gasteiger partial charge in [0, 0.05) is 53.5 Å². The Morgan fingerprint density at radius 2 is 1.70 bits per heavy atom. The second-order valence-corrected chi connectivity index (χ2v) is 8.01. The van der Waals surface area contributed by atoms with Crippen molar-refractivity contribution in [3.8, 4) is 22.5 Å². The fraction of sp³-hybridized carbons (Fsp3) is 0.111. The highest BCUT2D eigenvalue weighted by Crippen LogP contribution is 2.27. The lowest BCUT2D eigenvalue weighted by Gasteiger charge is -2.11. The lowest BCUT2D eigenvalue weighted by molar-refractivity contribution is 0.628. The number of halogens is 1. The predicted molar refractivity (Wildman–Crippen MR) is 129 cm³/mol. The van der Waals surface area contributed by atoms with E-state index in [2.05, 4.69) is 38.2 Å². The van der Waals surface area contributed by atoms with Crippen LogP contribution in [0.15, 0.2) is 79.4 Å². The van der Waals surface area contributed by atoms with Crippen LogP contribution in [0.3, 0.4) is 0 Å². The highest BCUT2D eigenvalue weighted by Gasteiger charge is 2.09. The van der Waals surface area contributed by atoms with Crippen LogP contribution < -0.4 is 5.32 Å². The molecular weight excluding hydrogens is 413 g/mol. The number of nitrogens with one attached hydrogen (secondary N) is 1. The predicted octanol–water partition coefficient (Wildman–Crippen LogP) is 6.12. The number of rotatable bonds is 5. The quantitative estimate of drug-likeness (QED) is 0.360. The van der Waals surface area contributed by atoms with Crippen molar-refractivity contribution in [2.24, 2.45) is 0 Å². The maximum atomic E-state index is 13.6. The minimum absolute atomic E-state index is 0.277. The third-order valence-electron chi connectivity index (χ3n) is 5.53. The molecule has 6 heteroatoms. The molecule has 5 aromatic rings. The Bertz CT molecular complexity index is 1460. The molecule has 4 aromatic heterocycles. The molecule has 0 aliphatic carbocycles. The van der Waals surface area contributed by atoms with E-state index in [0.29, 0.717) is 6.54 Å². The molecule has 5 nitrogen and oxygen atoms in total. The summed E-state index contributed by atoms with van der Waals surface area (Å²) < 4.78 is 13.6. The number of aromatic nitrogens is 4. The molecule has 0 fully saturated rings. The Kier molecular flexibility index (Phi) is 5.48. The van der Waals surface area contributed by atoms with E-state index in [1.165, 1.54) is 12.1 Å². The first kappa shape index (κ1) is 20.7. The molecule has 0 unspecified atom stereocenters. The largest absolute Gasteiger partial charge is 0.365 e. The topological polar surface area (TPSA) is 63.6 Å². The van der Waals surface area contributed by atoms with E-state index >= 15 is 0 Å². The number of pyridine rings is 4. The number of hydrogen-bond donors (Lipinski definition) is 1. The van der Waals surface area contributed by atoms with Crippen molar-refractivity contribution in [2.45, 2.75) is 20.4 Å². The summed E-state index contributed by atoms with van der Waals surface area (Å²) in [4.78, 5) is 18.0. The number of anilines is 1. The molecule has 0 aliphatic rings. The molecule has 0 bridgehead atoms. The van der Waals surface area contributed by atoms with Gasteiger partial charge in [-0.05, 0) is 66.8 Å². The van der Waals surface area contributed by atoms with Gasteiger partial charge in [-0.1, -0.05) is 18.2 Å². The minimum atomic E-state index is -0.277. The van der Waals surface area contributed by atoms with Crippen molar-refractivity contribution < 1.29 is 4.39 Å². The molecule has 0 aliphatic heterocycles. The highest BCUT2D eigenvalue weighted by molar-refractivity contribution is 5.93. The second-order valence-electron chi connectivity index (χ2n) is 8.01. The zero-order valence-corrected chi connectivity index (χ0v) is 18.4. The lowest BCUT2D eigenvalue weighted by atomic mass is 10.1. The van der Waals surface area contributed by atoms with Gasteiger partial charge in [-0.2, -0.15) is 0 Å². The number of aryl methyl sites for hydroxylation is 2. The van der Waals surface area contributed by atoms with Crippen LogP contribution in [0, 0.1) is 19.7 Å². The van der Waals surface area contributed by atoms with E-state index in [4.69, 9.17) is 0 Å². The van der Waals surface area contributed by atoms with Gasteiger partial charge in [-0.3, -0.25) is 15.0 Å². The van der Waals surface area contributed by atoms with Crippen LogP contribution in [0.4, 0.5) is 10.2 Å². The smallest absolute Gasteiger partial charge is 0.135 e. The normalized spacial score (nSPS) is 11.0. The fourth-order valence-corrected chi connectivity index (χ4v) is 3.93. The van der Waals surface area contributed by atoms with Crippen molar-refractivity contribution in [1.82, 2.24) is 19.9 Å². The molecule has 33 heavy (non-hydrogen) atoms. The monoisotopic (exact) mass is 435 g/mol. The Hall–Kier alpha value is -4.19. The van der Waals surface area contributed by atoms with Crippen molar-refractivity contribution in [3.63, 3.8) is 0 Å². The molecule has 1 aromatic carbocycles. The van der Waals surface area contributed by atoms with Gasteiger partial charge in [-0.15, -0.1) is 0 Å². The van der Waals surface area contributed by atoms with Gasteiger partial charge in [0.2, 0.25) is 0 Å². The standard InChI is InChI=1S/C27H22FN5/c1-17-10-19(14-32-26(17)22-7-8-29-18(2)11-22)15-33-27-24-16-31-25(13-20(24)6-9-30-27)21-4-3-5-23(28)12-21/h3-14,16H,15H2,1-2H3,(H,30,33). The summed E-state index contributed by atoms with van der Waals surface area (Å²) in [6, 6.07) is 16.5. The van der Waals surface area contributed by atoms with Gasteiger partial charge in [-0.25, -0.2) is 9.37 Å². The molecule has 5 rings (SSSR count). The zero-order chi connectivity index (χ0) is 22.8. The third-order valence-corrected chi connectivity index (χ3v) is 5.53. The van der Waals surface area contributed by atoms with Crippen LogP contribution in [0.5, 0.6) is 0 Å². The SMILES string of the molecule is Cc1cc(-c2ncc(CNc3nccc4cc(-c5cccc(F)c5)ncc34)cc2C)ccn1. The van der Waals surface area contributed by atoms with E-state index in [-0.39, 0.29) is 5.82 Å². The minimum Gasteiger partial charge on any atom is -0.365 e. The van der Waals surface area contributed by atoms with E-state index in [0.717, 1.165) is 55.9 Å². The summed E-state index contributed by atoms with van der Waals surface area (Å²) in [6.07, 6.45) is 7.24.